The molecule has 1 amide bonds. The van der Waals surface area contributed by atoms with Gasteiger partial charge in [-0.15, -0.1) is 0 Å². The number of phosphoric acid groups is 1. The van der Waals surface area contributed by atoms with Crippen molar-refractivity contribution in [2.24, 2.45) is 0 Å². The van der Waals surface area contributed by atoms with Crippen molar-refractivity contribution >= 4 is 13.7 Å². The molecule has 0 heterocycles. The Hall–Kier alpha value is -3.36. The molecule has 0 aliphatic rings. The quantitative estimate of drug-likeness (QED) is 0.0272. The summed E-state index contributed by atoms with van der Waals surface area (Å²) in [6, 6.07) is -0.828. The molecule has 422 valence electrons. The molecule has 0 aromatic rings. The number of quaternary nitrogens is 1. The van der Waals surface area contributed by atoms with Crippen LogP contribution in [-0.2, 0) is 18.4 Å². The summed E-state index contributed by atoms with van der Waals surface area (Å²) in [5, 5.41) is 14.0. The number of rotatable bonds is 52. The summed E-state index contributed by atoms with van der Waals surface area (Å²) in [5.41, 5.74) is 0. The van der Waals surface area contributed by atoms with E-state index in [-0.39, 0.29) is 19.1 Å². The van der Waals surface area contributed by atoms with Crippen LogP contribution in [0.2, 0.25) is 0 Å². The first-order valence-electron chi connectivity index (χ1n) is 29.5. The molecule has 8 nitrogen and oxygen atoms in total. The van der Waals surface area contributed by atoms with Crippen molar-refractivity contribution in [1.82, 2.24) is 5.32 Å². The highest BCUT2D eigenvalue weighted by Crippen LogP contribution is 2.38. The molecule has 0 aliphatic heterocycles. The minimum atomic E-state index is -4.59. The molecule has 0 aliphatic carbocycles. The first-order valence-corrected chi connectivity index (χ1v) is 31.0. The van der Waals surface area contributed by atoms with Crippen LogP contribution in [0.5, 0.6) is 0 Å². The van der Waals surface area contributed by atoms with Gasteiger partial charge < -0.3 is 28.8 Å². The number of hydrogen-bond donors (Lipinski definition) is 2. The van der Waals surface area contributed by atoms with Crippen LogP contribution in [0.1, 0.15) is 219 Å². The topological polar surface area (TPSA) is 108 Å². The number of likely N-dealkylation sites (N-methyl/N-ethyl adjacent to an activating group) is 1. The largest absolute Gasteiger partial charge is 0.756 e. The molecule has 0 radical (unpaired) electrons. The second-order valence-electron chi connectivity index (χ2n) is 20.6. The number of unbranched alkanes of at least 4 members (excludes halogenated alkanes) is 17. The third-order valence-electron chi connectivity index (χ3n) is 12.4. The summed E-state index contributed by atoms with van der Waals surface area (Å²) in [4.78, 5) is 25.5. The highest BCUT2D eigenvalue weighted by molar-refractivity contribution is 7.45. The summed E-state index contributed by atoms with van der Waals surface area (Å²) in [6.45, 7) is 4.57. The number of nitrogens with zero attached hydrogens (tertiary/aromatic N) is 1. The van der Waals surface area contributed by atoms with Gasteiger partial charge in [-0.3, -0.25) is 9.36 Å². The smallest absolute Gasteiger partial charge is 0.268 e. The molecule has 9 heteroatoms. The van der Waals surface area contributed by atoms with Crippen molar-refractivity contribution in [2.75, 3.05) is 40.9 Å². The Bertz CT molecular complexity index is 1660. The number of allylic oxidation sites excluding steroid dienone is 22. The zero-order valence-electron chi connectivity index (χ0n) is 48.0. The van der Waals surface area contributed by atoms with Gasteiger partial charge in [-0.1, -0.05) is 250 Å². The Morgan fingerprint density at radius 1 is 0.486 bits per heavy atom. The van der Waals surface area contributed by atoms with E-state index in [0.717, 1.165) is 116 Å². The molecule has 0 spiro atoms. The lowest BCUT2D eigenvalue weighted by Crippen LogP contribution is -2.46. The number of phosphoric ester groups is 1. The zero-order chi connectivity index (χ0) is 54.2. The average Bonchev–Trinajstić information content (AvgIpc) is 3.36. The second kappa shape index (κ2) is 54.4. The fourth-order valence-electron chi connectivity index (χ4n) is 7.81. The summed E-state index contributed by atoms with van der Waals surface area (Å²) in [5.74, 6) is -0.202. The fourth-order valence-corrected chi connectivity index (χ4v) is 8.53. The SMILES string of the molecule is CC/C=C\C/C=C\C/C=C\C/C=C\C/C=C\C/C=C\C/C=C\C/C=C\C/C=C\C/C=C\C/C=C\CCCCCC(=O)NC(COP(=O)([O-])OCC[N+](C)(C)C)C(O)CCCCCCCCCCCCCCCCC. The second-order valence-corrected chi connectivity index (χ2v) is 22.0. The number of hydrogen-bond acceptors (Lipinski definition) is 6. The Balaban J connectivity index is 4.24. The van der Waals surface area contributed by atoms with E-state index >= 15 is 0 Å². The Labute approximate surface area is 456 Å². The van der Waals surface area contributed by atoms with Gasteiger partial charge in [0.1, 0.15) is 13.2 Å². The van der Waals surface area contributed by atoms with Gasteiger partial charge >= 0.3 is 0 Å². The van der Waals surface area contributed by atoms with Gasteiger partial charge in [0.25, 0.3) is 7.82 Å². The Morgan fingerprint density at radius 2 is 0.824 bits per heavy atom. The van der Waals surface area contributed by atoms with E-state index in [2.05, 4.69) is 153 Å². The van der Waals surface area contributed by atoms with E-state index in [1.807, 2.05) is 21.1 Å². The maximum absolute atomic E-state index is 13.0. The summed E-state index contributed by atoms with van der Waals surface area (Å²) < 4.78 is 23.4. The van der Waals surface area contributed by atoms with Crippen LogP contribution in [0.3, 0.4) is 0 Å². The molecule has 3 atom stereocenters. The van der Waals surface area contributed by atoms with Crippen molar-refractivity contribution in [2.45, 2.75) is 231 Å². The maximum Gasteiger partial charge on any atom is 0.268 e. The number of aliphatic hydroxyl groups is 1. The van der Waals surface area contributed by atoms with E-state index in [9.17, 15) is 19.4 Å². The van der Waals surface area contributed by atoms with Gasteiger partial charge in [-0.05, 0) is 96.3 Å². The zero-order valence-corrected chi connectivity index (χ0v) is 48.9. The van der Waals surface area contributed by atoms with Crippen molar-refractivity contribution in [3.8, 4) is 0 Å². The van der Waals surface area contributed by atoms with Crippen LogP contribution in [0, 0.1) is 0 Å². The number of carbonyl (C=O) groups is 1. The Kier molecular flexibility index (Phi) is 52.0. The summed E-state index contributed by atoms with van der Waals surface area (Å²) in [7, 11) is 1.26. The molecule has 0 fully saturated rings. The van der Waals surface area contributed by atoms with Crippen molar-refractivity contribution in [3.05, 3.63) is 134 Å². The Morgan fingerprint density at radius 3 is 1.19 bits per heavy atom. The highest BCUT2D eigenvalue weighted by Gasteiger charge is 2.24. The maximum atomic E-state index is 13.0. The minimum Gasteiger partial charge on any atom is -0.756 e. The molecule has 0 saturated carbocycles. The lowest BCUT2D eigenvalue weighted by atomic mass is 10.0. The van der Waals surface area contributed by atoms with Gasteiger partial charge in [0.05, 0.1) is 39.9 Å². The van der Waals surface area contributed by atoms with Crippen LogP contribution >= 0.6 is 7.82 Å². The van der Waals surface area contributed by atoms with Crippen molar-refractivity contribution in [3.63, 3.8) is 0 Å². The first-order chi connectivity index (χ1) is 36.0. The average molecular weight is 1050 g/mol. The molecular weight excluding hydrogens is 936 g/mol. The molecule has 0 rings (SSSR count). The van der Waals surface area contributed by atoms with Crippen molar-refractivity contribution < 1.29 is 32.9 Å². The van der Waals surface area contributed by atoms with E-state index in [4.69, 9.17) is 9.05 Å². The molecule has 0 saturated heterocycles. The van der Waals surface area contributed by atoms with Gasteiger partial charge in [0.15, 0.2) is 0 Å². The van der Waals surface area contributed by atoms with Gasteiger partial charge in [-0.2, -0.15) is 0 Å². The van der Waals surface area contributed by atoms with Gasteiger partial charge in [0.2, 0.25) is 5.91 Å². The normalized spacial score (nSPS) is 14.9. The van der Waals surface area contributed by atoms with E-state index in [0.29, 0.717) is 23.9 Å². The molecule has 0 aromatic heterocycles. The van der Waals surface area contributed by atoms with Crippen LogP contribution in [0.25, 0.3) is 0 Å². The number of amides is 1. The van der Waals surface area contributed by atoms with Crippen molar-refractivity contribution in [1.29, 1.82) is 0 Å². The predicted molar refractivity (Wildman–Crippen MR) is 320 cm³/mol. The number of carbonyl (C=O) groups excluding carboxylic acids is 1. The minimum absolute atomic E-state index is 0.00170. The highest BCUT2D eigenvalue weighted by atomic mass is 31.2. The molecule has 0 bridgehead atoms. The first kappa shape index (κ1) is 70.6. The monoisotopic (exact) mass is 1050 g/mol. The molecule has 3 unspecified atom stereocenters. The predicted octanol–water partition coefficient (Wildman–Crippen LogP) is 17.7. The molecule has 0 aromatic carbocycles. The molecule has 2 N–H and O–H groups in total. The summed E-state index contributed by atoms with van der Waals surface area (Å²) in [6.07, 6.45) is 82.0. The molecule has 74 heavy (non-hydrogen) atoms. The summed E-state index contributed by atoms with van der Waals surface area (Å²) >= 11 is 0. The van der Waals surface area contributed by atoms with Crippen LogP contribution in [-0.4, -0.2) is 68.5 Å². The van der Waals surface area contributed by atoms with Crippen LogP contribution < -0.4 is 10.2 Å². The van der Waals surface area contributed by atoms with E-state index in [1.165, 1.54) is 77.0 Å². The van der Waals surface area contributed by atoms with Crippen LogP contribution in [0.15, 0.2) is 134 Å². The standard InChI is InChI=1S/C65H111N2O6P/c1-6-8-10-12-14-16-18-20-22-23-24-25-26-27-28-29-30-31-32-33-34-35-36-37-38-39-40-41-42-43-45-47-49-51-53-55-57-59-65(69)66-63(62-73-74(70,71)72-61-60-67(3,4)5)64(68)58-56-54-52-50-48-46-44-21-19-17-15-13-11-9-7-2/h8,10,14,16,20,22,24-25,27-28,30-31,33-34,36-37,39-40,42-43,47,49,63-64,68H,6-7,9,11-13,15,17-19,21,23,26,29,32,35,38,41,44-46,48,50-62H2,1-5H3,(H-,66,69,70,71)/b10-8-,16-14-,22-20-,25-24-,28-27-,31-30-,34-33-,37-36-,40-39-,43-42-,49-47-. The third-order valence-corrected chi connectivity index (χ3v) is 13.4. The van der Waals surface area contributed by atoms with E-state index in [1.54, 1.807) is 0 Å². The van der Waals surface area contributed by atoms with E-state index < -0.39 is 20.0 Å². The third kappa shape index (κ3) is 56.4. The fraction of sp³-hybridized carbons (Fsp3) is 0.646. The lowest BCUT2D eigenvalue weighted by Gasteiger charge is -2.30. The van der Waals surface area contributed by atoms with Gasteiger partial charge in [-0.25, -0.2) is 0 Å². The number of aliphatic hydroxyl groups excluding tert-OH is 1. The lowest BCUT2D eigenvalue weighted by molar-refractivity contribution is -0.870. The number of nitrogens with one attached hydrogen (secondary N) is 1. The van der Waals surface area contributed by atoms with Crippen LogP contribution in [0.4, 0.5) is 0 Å². The van der Waals surface area contributed by atoms with Gasteiger partial charge in [0, 0.05) is 6.42 Å². The molecular formula is C65H111N2O6P.